The number of aryl methyl sites for hydroxylation is 1. The van der Waals surface area contributed by atoms with E-state index in [-0.39, 0.29) is 34.7 Å². The first kappa shape index (κ1) is 24.5. The van der Waals surface area contributed by atoms with Crippen LogP contribution in [-0.4, -0.2) is 43.5 Å². The van der Waals surface area contributed by atoms with Crippen LogP contribution in [0.2, 0.25) is 0 Å². The van der Waals surface area contributed by atoms with E-state index in [0.717, 1.165) is 25.0 Å². The quantitative estimate of drug-likeness (QED) is 0.503. The van der Waals surface area contributed by atoms with Gasteiger partial charge >= 0.3 is 6.18 Å². The highest BCUT2D eigenvalue weighted by Crippen LogP contribution is 2.45. The molecule has 1 aromatic carbocycles. The number of alkyl halides is 4. The molecule has 0 aliphatic heterocycles. The van der Waals surface area contributed by atoms with Gasteiger partial charge in [-0.2, -0.15) is 13.2 Å². The van der Waals surface area contributed by atoms with Crippen molar-refractivity contribution in [2.24, 2.45) is 0 Å². The molecule has 0 fully saturated rings. The van der Waals surface area contributed by atoms with Crippen molar-refractivity contribution in [3.63, 3.8) is 0 Å². The van der Waals surface area contributed by atoms with E-state index >= 15 is 0 Å². The van der Waals surface area contributed by atoms with Gasteiger partial charge in [0.25, 0.3) is 5.88 Å². The van der Waals surface area contributed by atoms with Crippen LogP contribution in [0, 0.1) is 6.92 Å². The van der Waals surface area contributed by atoms with Crippen molar-refractivity contribution in [1.29, 1.82) is 0 Å². The molecule has 1 heterocycles. The molecule has 31 heavy (non-hydrogen) atoms. The Kier molecular flexibility index (Phi) is 7.91. The Hall–Kier alpha value is -2.78. The Morgan fingerprint density at radius 1 is 0.968 bits per heavy atom. The lowest BCUT2D eigenvalue weighted by Crippen LogP contribution is -2.19. The molecule has 0 saturated carbocycles. The van der Waals surface area contributed by atoms with E-state index in [1.807, 2.05) is 13.8 Å². The van der Waals surface area contributed by atoms with E-state index in [4.69, 9.17) is 14.2 Å². The van der Waals surface area contributed by atoms with Gasteiger partial charge in [-0.25, -0.2) is 14.4 Å². The highest BCUT2D eigenvalue weighted by atomic mass is 19.4. The van der Waals surface area contributed by atoms with Gasteiger partial charge < -0.3 is 19.5 Å². The van der Waals surface area contributed by atoms with Crippen molar-refractivity contribution in [2.75, 3.05) is 26.6 Å². The highest BCUT2D eigenvalue weighted by Gasteiger charge is 2.42. The smallest absolute Gasteiger partial charge is 0.423 e. The minimum Gasteiger partial charge on any atom is -0.496 e. The summed E-state index contributed by atoms with van der Waals surface area (Å²) in [4.78, 5) is 9.04. The van der Waals surface area contributed by atoms with E-state index < -0.39 is 17.9 Å². The van der Waals surface area contributed by atoms with Gasteiger partial charge in [-0.05, 0) is 31.9 Å². The highest BCUT2D eigenvalue weighted by molar-refractivity contribution is 5.77. The Bertz CT molecular complexity index is 877. The van der Waals surface area contributed by atoms with Gasteiger partial charge in [0, 0.05) is 11.6 Å². The topological polar surface area (TPSA) is 65.5 Å². The molecule has 1 unspecified atom stereocenters. The molecular weight excluding hydrogens is 418 g/mol. The van der Waals surface area contributed by atoms with Gasteiger partial charge in [0.2, 0.25) is 6.17 Å². The summed E-state index contributed by atoms with van der Waals surface area (Å²) >= 11 is 0. The van der Waals surface area contributed by atoms with Gasteiger partial charge in [-0.15, -0.1) is 0 Å². The number of benzene rings is 1. The second kappa shape index (κ2) is 10.0. The zero-order valence-corrected chi connectivity index (χ0v) is 18.4. The number of hydrogen-bond acceptors (Lipinski definition) is 6. The van der Waals surface area contributed by atoms with E-state index in [1.165, 1.54) is 21.3 Å². The molecule has 172 valence electrons. The van der Waals surface area contributed by atoms with Crippen LogP contribution < -0.4 is 19.5 Å². The molecule has 1 N–H and O–H groups in total. The van der Waals surface area contributed by atoms with Crippen LogP contribution in [0.4, 0.5) is 23.4 Å². The lowest BCUT2D eigenvalue weighted by molar-refractivity contribution is -0.182. The van der Waals surface area contributed by atoms with Crippen molar-refractivity contribution >= 4 is 5.82 Å². The SMILES string of the molecule is CCC(CC)Nc1nc(C)c(-c2c(OC)cc(C(F)C(F)(F)F)cc2OC)nc1OC. The Labute approximate surface area is 178 Å². The molecule has 0 amide bonds. The predicted molar refractivity (Wildman–Crippen MR) is 110 cm³/mol. The van der Waals surface area contributed by atoms with Crippen LogP contribution in [0.3, 0.4) is 0 Å². The van der Waals surface area contributed by atoms with Crippen molar-refractivity contribution in [3.05, 3.63) is 23.4 Å². The minimum absolute atomic E-state index is 0.0265. The fraction of sp³-hybridized carbons (Fsp3) is 0.524. The molecule has 2 aromatic rings. The minimum atomic E-state index is -5.06. The maximum Gasteiger partial charge on any atom is 0.423 e. The molecule has 0 saturated heterocycles. The zero-order valence-electron chi connectivity index (χ0n) is 18.4. The average molecular weight is 445 g/mol. The van der Waals surface area contributed by atoms with Gasteiger partial charge in [0.05, 0.1) is 32.6 Å². The molecule has 0 aliphatic rings. The van der Waals surface area contributed by atoms with E-state index in [1.54, 1.807) is 6.92 Å². The number of methoxy groups -OCH3 is 3. The number of nitrogens with one attached hydrogen (secondary N) is 1. The zero-order chi connectivity index (χ0) is 23.3. The number of anilines is 1. The maximum absolute atomic E-state index is 14.0. The first-order chi connectivity index (χ1) is 14.6. The molecule has 6 nitrogen and oxygen atoms in total. The summed E-state index contributed by atoms with van der Waals surface area (Å²) in [5.74, 6) is 0.607. The monoisotopic (exact) mass is 445 g/mol. The van der Waals surface area contributed by atoms with Crippen molar-refractivity contribution in [2.45, 2.75) is 52.0 Å². The largest absolute Gasteiger partial charge is 0.496 e. The summed E-state index contributed by atoms with van der Waals surface area (Å²) in [6.07, 6.45) is -6.50. The van der Waals surface area contributed by atoms with E-state index in [9.17, 15) is 17.6 Å². The van der Waals surface area contributed by atoms with Crippen LogP contribution in [0.1, 0.15) is 44.1 Å². The third-order valence-electron chi connectivity index (χ3n) is 4.90. The fourth-order valence-electron chi connectivity index (χ4n) is 3.16. The molecule has 1 aromatic heterocycles. The summed E-state index contributed by atoms with van der Waals surface area (Å²) in [5.41, 5.74) is 0.371. The first-order valence-electron chi connectivity index (χ1n) is 9.77. The Balaban J connectivity index is 2.66. The average Bonchev–Trinajstić information content (AvgIpc) is 2.75. The number of rotatable bonds is 9. The molecule has 0 bridgehead atoms. The number of aromatic nitrogens is 2. The van der Waals surface area contributed by atoms with Gasteiger partial charge in [0.15, 0.2) is 5.82 Å². The lowest BCUT2D eigenvalue weighted by Gasteiger charge is -2.21. The predicted octanol–water partition coefficient (Wildman–Crippen LogP) is 5.65. The van der Waals surface area contributed by atoms with Gasteiger partial charge in [-0.1, -0.05) is 13.8 Å². The summed E-state index contributed by atoms with van der Waals surface area (Å²) in [6.45, 7) is 5.78. The maximum atomic E-state index is 14.0. The fourth-order valence-corrected chi connectivity index (χ4v) is 3.16. The standard InChI is InChI=1S/C21H27F4N3O3/c1-7-13(8-2)27-19-20(31-6)28-17(11(3)26-19)16-14(29-4)9-12(10-15(16)30-5)18(22)21(23,24)25/h9-10,13,18H,7-8H2,1-6H3,(H,26,27). The number of nitrogens with zero attached hydrogens (tertiary/aromatic N) is 2. The Morgan fingerprint density at radius 2 is 1.52 bits per heavy atom. The molecular formula is C21H27F4N3O3. The van der Waals surface area contributed by atoms with E-state index in [2.05, 4.69) is 15.3 Å². The van der Waals surface area contributed by atoms with Crippen LogP contribution in [0.25, 0.3) is 11.3 Å². The lowest BCUT2D eigenvalue weighted by atomic mass is 10.0. The number of ether oxygens (including phenoxy) is 3. The second-order valence-corrected chi connectivity index (χ2v) is 6.88. The normalized spacial score (nSPS) is 12.6. The summed E-state index contributed by atoms with van der Waals surface area (Å²) in [7, 11) is 3.98. The van der Waals surface area contributed by atoms with Crippen LogP contribution in [-0.2, 0) is 0 Å². The summed E-state index contributed by atoms with van der Waals surface area (Å²) in [6, 6.07) is 2.14. The molecule has 0 spiro atoms. The van der Waals surface area contributed by atoms with Gasteiger partial charge in [-0.3, -0.25) is 0 Å². The van der Waals surface area contributed by atoms with Crippen molar-refractivity contribution in [3.8, 4) is 28.6 Å². The Morgan fingerprint density at radius 3 is 1.94 bits per heavy atom. The van der Waals surface area contributed by atoms with Gasteiger partial charge in [0.1, 0.15) is 17.2 Å². The molecule has 0 radical (unpaired) electrons. The van der Waals surface area contributed by atoms with E-state index in [0.29, 0.717) is 11.5 Å². The van der Waals surface area contributed by atoms with Crippen LogP contribution >= 0.6 is 0 Å². The van der Waals surface area contributed by atoms with Crippen LogP contribution in [0.15, 0.2) is 12.1 Å². The number of halogens is 4. The van der Waals surface area contributed by atoms with Crippen molar-refractivity contribution < 1.29 is 31.8 Å². The summed E-state index contributed by atoms with van der Waals surface area (Å²) < 4.78 is 68.6. The third kappa shape index (κ3) is 5.29. The molecule has 2 rings (SSSR count). The summed E-state index contributed by atoms with van der Waals surface area (Å²) in [5, 5.41) is 3.28. The van der Waals surface area contributed by atoms with Crippen LogP contribution in [0.5, 0.6) is 17.4 Å². The molecule has 10 heteroatoms. The molecule has 1 atom stereocenters. The van der Waals surface area contributed by atoms with Crippen molar-refractivity contribution in [1.82, 2.24) is 9.97 Å². The second-order valence-electron chi connectivity index (χ2n) is 6.88. The third-order valence-corrected chi connectivity index (χ3v) is 4.90. The number of hydrogen-bond donors (Lipinski definition) is 1. The molecule has 0 aliphatic carbocycles. The first-order valence-corrected chi connectivity index (χ1v) is 9.77.